The van der Waals surface area contributed by atoms with Gasteiger partial charge in [0, 0.05) is 56.7 Å². The Morgan fingerprint density at radius 1 is 0.983 bits per heavy atom. The quantitative estimate of drug-likeness (QED) is 0.0858. The predicted molar refractivity (Wildman–Crippen MR) is 233 cm³/mol. The van der Waals surface area contributed by atoms with Crippen LogP contribution in [0.1, 0.15) is 133 Å². The molecule has 1 aliphatic heterocycles. The molecule has 14 nitrogen and oxygen atoms in total. The molecular formula is C45H70N6O8S. The number of amides is 4. The van der Waals surface area contributed by atoms with Gasteiger partial charge >= 0.3 is 11.9 Å². The largest absolute Gasteiger partial charge is 0.469 e. The van der Waals surface area contributed by atoms with E-state index in [2.05, 4.69) is 30.6 Å². The summed E-state index contributed by atoms with van der Waals surface area (Å²) in [4.78, 5) is 86.9. The fraction of sp³-hybridized carbons (Fsp3) is 0.667. The number of rotatable bonds is 24. The summed E-state index contributed by atoms with van der Waals surface area (Å²) in [6, 6.07) is 7.94. The van der Waals surface area contributed by atoms with E-state index in [1.807, 2.05) is 72.0 Å². The molecule has 4 amide bonds. The molecule has 60 heavy (non-hydrogen) atoms. The first-order valence-corrected chi connectivity index (χ1v) is 22.5. The summed E-state index contributed by atoms with van der Waals surface area (Å²) in [5.41, 5.74) is 1.16. The van der Waals surface area contributed by atoms with Crippen molar-refractivity contribution in [2.75, 3.05) is 34.3 Å². The third kappa shape index (κ3) is 15.9. The van der Waals surface area contributed by atoms with E-state index in [9.17, 15) is 28.8 Å². The van der Waals surface area contributed by atoms with Gasteiger partial charge in [-0.2, -0.15) is 0 Å². The standard InChI is InChI=1S/C45H70N6O8S/c1-10-30(4)40(49-43(56)36-21-16-18-24-50(36)7)45(57)51(8)37(29(2)3)27-38(59-32(6)52)44-48-35(28-60-44)42(55)47-34(26-33-19-13-11-14-20-33)25-31(5)41(54)46-23-17-12-15-22-39(53)58-9/h11,13-14,19-20,28-31,34,36-38,40H,10,12,15-18,21-27H2,1-9H3,(H,46,54)(H,47,55)(H,49,56). The lowest BCUT2D eigenvalue weighted by molar-refractivity contribution is -0.149. The number of unbranched alkanes of at least 4 members (excludes halogenated alkanes) is 2. The second kappa shape index (κ2) is 25.4. The molecule has 0 bridgehead atoms. The van der Waals surface area contributed by atoms with Crippen molar-refractivity contribution in [1.82, 2.24) is 30.7 Å². The van der Waals surface area contributed by atoms with E-state index < -0.39 is 42.0 Å². The number of likely N-dealkylation sites (tertiary alicyclic amines) is 1. The van der Waals surface area contributed by atoms with Gasteiger partial charge in [0.15, 0.2) is 6.10 Å². The number of methoxy groups -OCH3 is 1. The van der Waals surface area contributed by atoms with E-state index in [1.54, 1.807) is 17.3 Å². The van der Waals surface area contributed by atoms with E-state index in [0.717, 1.165) is 44.2 Å². The molecule has 1 aliphatic rings. The number of carbonyl (C=O) groups excluding carboxylic acids is 6. The molecule has 1 aromatic carbocycles. The van der Waals surface area contributed by atoms with Crippen LogP contribution < -0.4 is 16.0 Å². The van der Waals surface area contributed by atoms with Gasteiger partial charge in [-0.1, -0.05) is 84.2 Å². The fourth-order valence-electron chi connectivity index (χ4n) is 7.70. The molecule has 334 valence electrons. The number of thiazole rings is 1. The van der Waals surface area contributed by atoms with Crippen LogP contribution in [0.3, 0.4) is 0 Å². The van der Waals surface area contributed by atoms with Gasteiger partial charge in [0.2, 0.25) is 17.7 Å². The van der Waals surface area contributed by atoms with E-state index in [1.165, 1.54) is 25.4 Å². The monoisotopic (exact) mass is 854 g/mol. The highest BCUT2D eigenvalue weighted by Crippen LogP contribution is 2.31. The minimum absolute atomic E-state index is 0.0537. The van der Waals surface area contributed by atoms with Crippen molar-refractivity contribution in [3.63, 3.8) is 0 Å². The summed E-state index contributed by atoms with van der Waals surface area (Å²) < 4.78 is 10.5. The summed E-state index contributed by atoms with van der Waals surface area (Å²) in [6.45, 7) is 12.4. The van der Waals surface area contributed by atoms with Gasteiger partial charge in [-0.25, -0.2) is 4.98 Å². The minimum atomic E-state index is -0.839. The van der Waals surface area contributed by atoms with Crippen molar-refractivity contribution in [1.29, 1.82) is 0 Å². The van der Waals surface area contributed by atoms with Gasteiger partial charge in [-0.15, -0.1) is 11.3 Å². The Kier molecular flexibility index (Phi) is 21.2. The van der Waals surface area contributed by atoms with Gasteiger partial charge in [0.25, 0.3) is 5.91 Å². The van der Waals surface area contributed by atoms with Crippen LogP contribution in [-0.4, -0.2) is 109 Å². The average Bonchev–Trinajstić information content (AvgIpc) is 3.72. The number of nitrogens with zero attached hydrogens (tertiary/aromatic N) is 3. The predicted octanol–water partition coefficient (Wildman–Crippen LogP) is 5.85. The lowest BCUT2D eigenvalue weighted by Crippen LogP contribution is -2.58. The number of ether oxygens (including phenoxy) is 2. The molecule has 1 saturated heterocycles. The van der Waals surface area contributed by atoms with Crippen molar-refractivity contribution >= 4 is 46.9 Å². The highest BCUT2D eigenvalue weighted by molar-refractivity contribution is 7.09. The van der Waals surface area contributed by atoms with Crippen molar-refractivity contribution in [3.8, 4) is 0 Å². The first-order valence-electron chi connectivity index (χ1n) is 21.6. The normalized spacial score (nSPS) is 17.3. The smallest absolute Gasteiger partial charge is 0.305 e. The molecular weight excluding hydrogens is 785 g/mol. The minimum Gasteiger partial charge on any atom is -0.469 e. The second-order valence-corrected chi connectivity index (χ2v) is 17.6. The maximum Gasteiger partial charge on any atom is 0.305 e. The van der Waals surface area contributed by atoms with E-state index in [0.29, 0.717) is 43.7 Å². The lowest BCUT2D eigenvalue weighted by atomic mass is 9.92. The Bertz CT molecular complexity index is 1690. The summed E-state index contributed by atoms with van der Waals surface area (Å²) in [6.07, 6.45) is 6.28. The van der Waals surface area contributed by atoms with Crippen molar-refractivity contribution in [3.05, 3.63) is 52.0 Å². The zero-order valence-electron chi connectivity index (χ0n) is 37.3. The van der Waals surface area contributed by atoms with Crippen LogP contribution in [0.2, 0.25) is 0 Å². The Labute approximate surface area is 361 Å². The molecule has 2 aromatic rings. The molecule has 0 saturated carbocycles. The number of esters is 2. The highest BCUT2D eigenvalue weighted by Gasteiger charge is 2.37. The molecule has 0 radical (unpaired) electrons. The van der Waals surface area contributed by atoms with E-state index in [-0.39, 0.29) is 53.7 Å². The van der Waals surface area contributed by atoms with Crippen molar-refractivity contribution < 1.29 is 38.2 Å². The molecule has 15 heteroatoms. The zero-order chi connectivity index (χ0) is 44.4. The van der Waals surface area contributed by atoms with Crippen LogP contribution in [0.5, 0.6) is 0 Å². The fourth-order valence-corrected chi connectivity index (χ4v) is 8.54. The molecule has 3 N–H and O–H groups in total. The molecule has 0 aliphatic carbocycles. The molecule has 1 aromatic heterocycles. The Morgan fingerprint density at radius 3 is 2.33 bits per heavy atom. The Hall–Kier alpha value is -4.37. The second-order valence-electron chi connectivity index (χ2n) is 16.7. The first-order chi connectivity index (χ1) is 28.6. The lowest BCUT2D eigenvalue weighted by Gasteiger charge is -2.38. The number of hydrogen-bond acceptors (Lipinski definition) is 11. The SMILES string of the molecule is CCC(C)C(NC(=O)C1CCCCN1C)C(=O)N(C)C(CC(OC(C)=O)c1nc(C(=O)NC(Cc2ccccc2)CC(C)C(=O)NCCCCCC(=O)OC)cs1)C(C)C. The molecule has 0 spiro atoms. The van der Waals surface area contributed by atoms with Crippen LogP contribution in [0.25, 0.3) is 0 Å². The summed E-state index contributed by atoms with van der Waals surface area (Å²) in [5.74, 6) is -2.21. The number of piperidine rings is 1. The van der Waals surface area contributed by atoms with Gasteiger partial charge in [-0.3, -0.25) is 33.7 Å². The maximum absolute atomic E-state index is 14.3. The number of likely N-dealkylation sites (N-methyl/N-ethyl adjacent to an activating group) is 2. The van der Waals surface area contributed by atoms with Gasteiger partial charge in [0.05, 0.1) is 13.2 Å². The summed E-state index contributed by atoms with van der Waals surface area (Å²) >= 11 is 1.20. The summed E-state index contributed by atoms with van der Waals surface area (Å²) in [5, 5.41) is 11.2. The Balaban J connectivity index is 1.75. The topological polar surface area (TPSA) is 176 Å². The third-order valence-electron chi connectivity index (χ3n) is 11.6. The molecule has 3 rings (SSSR count). The Morgan fingerprint density at radius 2 is 1.70 bits per heavy atom. The van der Waals surface area contributed by atoms with Gasteiger partial charge in [-0.05, 0) is 69.5 Å². The van der Waals surface area contributed by atoms with Gasteiger partial charge in [0.1, 0.15) is 16.7 Å². The third-order valence-corrected chi connectivity index (χ3v) is 12.5. The average molecular weight is 855 g/mol. The number of nitrogens with one attached hydrogen (secondary N) is 3. The van der Waals surface area contributed by atoms with Crippen LogP contribution in [0.4, 0.5) is 0 Å². The maximum atomic E-state index is 14.3. The van der Waals surface area contributed by atoms with Crippen LogP contribution in [0, 0.1) is 17.8 Å². The number of hydrogen-bond donors (Lipinski definition) is 3. The molecule has 1 fully saturated rings. The molecule has 2 heterocycles. The van der Waals surface area contributed by atoms with Crippen LogP contribution in [-0.2, 0) is 39.9 Å². The summed E-state index contributed by atoms with van der Waals surface area (Å²) in [7, 11) is 5.04. The highest BCUT2D eigenvalue weighted by atomic mass is 32.1. The van der Waals surface area contributed by atoms with Crippen LogP contribution in [0.15, 0.2) is 35.7 Å². The zero-order valence-corrected chi connectivity index (χ0v) is 38.1. The van der Waals surface area contributed by atoms with Crippen LogP contribution >= 0.6 is 11.3 Å². The number of aromatic nitrogens is 1. The van der Waals surface area contributed by atoms with Crippen molar-refractivity contribution in [2.45, 2.75) is 142 Å². The van der Waals surface area contributed by atoms with E-state index >= 15 is 0 Å². The van der Waals surface area contributed by atoms with Gasteiger partial charge < -0.3 is 30.3 Å². The van der Waals surface area contributed by atoms with E-state index in [4.69, 9.17) is 4.74 Å². The molecule has 7 atom stereocenters. The number of carbonyl (C=O) groups is 6. The first kappa shape index (κ1) is 50.0. The number of benzene rings is 1. The van der Waals surface area contributed by atoms with Crippen molar-refractivity contribution in [2.24, 2.45) is 17.8 Å². The molecule has 7 unspecified atom stereocenters.